The number of alkyl halides is 3. The maximum Gasteiger partial charge on any atom is 0.422 e. The van der Waals surface area contributed by atoms with E-state index in [0.717, 1.165) is 30.0 Å². The van der Waals surface area contributed by atoms with Crippen LogP contribution in [0.15, 0.2) is 47.6 Å². The largest absolute Gasteiger partial charge is 0.484 e. The molecule has 2 aromatic rings. The fraction of sp³-hybridized carbons (Fsp3) is 0.455. The van der Waals surface area contributed by atoms with Gasteiger partial charge in [-0.15, -0.1) is 0 Å². The SMILES string of the molecule is CCNC(=NCc1ccnc(N2CCCC2)c1)NCc1ccc(OCC(F)(F)F)cc1. The Balaban J connectivity index is 1.54. The summed E-state index contributed by atoms with van der Waals surface area (Å²) in [5.74, 6) is 1.85. The van der Waals surface area contributed by atoms with Crippen LogP contribution in [-0.2, 0) is 13.1 Å². The van der Waals surface area contributed by atoms with E-state index in [0.29, 0.717) is 25.6 Å². The van der Waals surface area contributed by atoms with E-state index in [1.54, 1.807) is 12.1 Å². The molecule has 0 atom stereocenters. The molecule has 31 heavy (non-hydrogen) atoms. The Labute approximate surface area is 180 Å². The number of nitrogens with one attached hydrogen (secondary N) is 2. The lowest BCUT2D eigenvalue weighted by atomic mass is 10.2. The predicted molar refractivity (Wildman–Crippen MR) is 115 cm³/mol. The number of nitrogens with zero attached hydrogens (tertiary/aromatic N) is 3. The van der Waals surface area contributed by atoms with E-state index in [4.69, 9.17) is 4.74 Å². The molecule has 1 saturated heterocycles. The summed E-state index contributed by atoms with van der Waals surface area (Å²) in [5, 5.41) is 6.45. The van der Waals surface area contributed by atoms with Crippen molar-refractivity contribution >= 4 is 11.8 Å². The van der Waals surface area contributed by atoms with Crippen LogP contribution in [-0.4, -0.2) is 43.4 Å². The number of hydrogen-bond acceptors (Lipinski definition) is 4. The lowest BCUT2D eigenvalue weighted by molar-refractivity contribution is -0.153. The van der Waals surface area contributed by atoms with Crippen molar-refractivity contribution in [3.05, 3.63) is 53.7 Å². The van der Waals surface area contributed by atoms with E-state index >= 15 is 0 Å². The smallest absolute Gasteiger partial charge is 0.422 e. The maximum atomic E-state index is 12.2. The molecule has 2 heterocycles. The standard InChI is InChI=1S/C22H28F3N5O/c1-2-26-21(28-14-17-5-7-19(8-6-17)31-16-22(23,24)25)29-15-18-9-10-27-20(13-18)30-11-3-4-12-30/h5-10,13H,2-4,11-12,14-16H2,1H3,(H2,26,28,29). The monoisotopic (exact) mass is 435 g/mol. The lowest BCUT2D eigenvalue weighted by Crippen LogP contribution is -2.36. The van der Waals surface area contributed by atoms with Crippen LogP contribution in [0.25, 0.3) is 0 Å². The van der Waals surface area contributed by atoms with Gasteiger partial charge < -0.3 is 20.3 Å². The summed E-state index contributed by atoms with van der Waals surface area (Å²) >= 11 is 0. The number of ether oxygens (including phenoxy) is 1. The highest BCUT2D eigenvalue weighted by molar-refractivity contribution is 5.79. The van der Waals surface area contributed by atoms with Gasteiger partial charge in [0.15, 0.2) is 12.6 Å². The van der Waals surface area contributed by atoms with Gasteiger partial charge in [0.2, 0.25) is 0 Å². The molecule has 1 aliphatic rings. The molecule has 0 amide bonds. The third kappa shape index (κ3) is 7.66. The Kier molecular flexibility index (Phi) is 7.97. The van der Waals surface area contributed by atoms with Crippen LogP contribution in [0.3, 0.4) is 0 Å². The molecule has 9 heteroatoms. The molecule has 1 aromatic carbocycles. The maximum absolute atomic E-state index is 12.2. The molecule has 0 aliphatic carbocycles. The van der Waals surface area contributed by atoms with Gasteiger partial charge in [0, 0.05) is 32.4 Å². The van der Waals surface area contributed by atoms with Crippen molar-refractivity contribution in [2.45, 2.75) is 39.0 Å². The number of hydrogen-bond donors (Lipinski definition) is 2. The van der Waals surface area contributed by atoms with Gasteiger partial charge in [0.1, 0.15) is 11.6 Å². The number of pyridine rings is 1. The van der Waals surface area contributed by atoms with E-state index < -0.39 is 12.8 Å². The van der Waals surface area contributed by atoms with E-state index in [-0.39, 0.29) is 5.75 Å². The summed E-state index contributed by atoms with van der Waals surface area (Å²) in [5.41, 5.74) is 1.99. The summed E-state index contributed by atoms with van der Waals surface area (Å²) < 4.78 is 41.4. The number of halogens is 3. The normalized spacial score (nSPS) is 14.6. The first-order valence-corrected chi connectivity index (χ1v) is 10.4. The number of rotatable bonds is 8. The zero-order valence-corrected chi connectivity index (χ0v) is 17.6. The van der Waals surface area contributed by atoms with Crippen molar-refractivity contribution in [3.63, 3.8) is 0 Å². The van der Waals surface area contributed by atoms with E-state index in [1.165, 1.54) is 25.0 Å². The highest BCUT2D eigenvalue weighted by Crippen LogP contribution is 2.20. The van der Waals surface area contributed by atoms with Crippen LogP contribution in [0.5, 0.6) is 5.75 Å². The van der Waals surface area contributed by atoms with Crippen molar-refractivity contribution in [2.24, 2.45) is 4.99 Å². The topological polar surface area (TPSA) is 61.8 Å². The predicted octanol–water partition coefficient (Wildman–Crippen LogP) is 3.88. The zero-order valence-electron chi connectivity index (χ0n) is 17.6. The highest BCUT2D eigenvalue weighted by Gasteiger charge is 2.28. The molecule has 0 spiro atoms. The fourth-order valence-corrected chi connectivity index (χ4v) is 3.24. The molecule has 6 nitrogen and oxygen atoms in total. The average Bonchev–Trinajstić information content (AvgIpc) is 3.30. The summed E-state index contributed by atoms with van der Waals surface area (Å²) in [7, 11) is 0. The van der Waals surface area contributed by atoms with Gasteiger partial charge in [0.05, 0.1) is 6.54 Å². The van der Waals surface area contributed by atoms with Gasteiger partial charge >= 0.3 is 6.18 Å². The molecule has 1 aliphatic heterocycles. The first-order valence-electron chi connectivity index (χ1n) is 10.4. The number of anilines is 1. The quantitative estimate of drug-likeness (QED) is 0.487. The molecule has 3 rings (SSSR count). The third-order valence-corrected chi connectivity index (χ3v) is 4.79. The molecule has 0 bridgehead atoms. The Morgan fingerprint density at radius 1 is 1.10 bits per heavy atom. The molecule has 0 unspecified atom stereocenters. The summed E-state index contributed by atoms with van der Waals surface area (Å²) in [6.45, 7) is 4.50. The van der Waals surface area contributed by atoms with Crippen LogP contribution in [0.2, 0.25) is 0 Å². The second-order valence-electron chi connectivity index (χ2n) is 7.31. The average molecular weight is 435 g/mol. The summed E-state index contributed by atoms with van der Waals surface area (Å²) in [6, 6.07) is 10.6. The van der Waals surface area contributed by atoms with Crippen molar-refractivity contribution < 1.29 is 17.9 Å². The zero-order chi connectivity index (χ0) is 22.1. The Morgan fingerprint density at radius 3 is 2.52 bits per heavy atom. The number of aliphatic imine (C=N–C) groups is 1. The highest BCUT2D eigenvalue weighted by atomic mass is 19.4. The fourth-order valence-electron chi connectivity index (χ4n) is 3.24. The molecule has 2 N–H and O–H groups in total. The van der Waals surface area contributed by atoms with Crippen LogP contribution in [0.1, 0.15) is 30.9 Å². The minimum absolute atomic E-state index is 0.188. The Morgan fingerprint density at radius 2 is 1.84 bits per heavy atom. The van der Waals surface area contributed by atoms with Crippen molar-refractivity contribution in [1.29, 1.82) is 0 Å². The van der Waals surface area contributed by atoms with E-state index in [2.05, 4.69) is 31.6 Å². The second-order valence-corrected chi connectivity index (χ2v) is 7.31. The lowest BCUT2D eigenvalue weighted by Gasteiger charge is -2.16. The molecule has 0 radical (unpaired) electrons. The van der Waals surface area contributed by atoms with Crippen LogP contribution in [0.4, 0.5) is 19.0 Å². The minimum atomic E-state index is -4.35. The molecular weight excluding hydrogens is 407 g/mol. The summed E-state index contributed by atoms with van der Waals surface area (Å²) in [6.07, 6.45) is -0.120. The minimum Gasteiger partial charge on any atom is -0.484 e. The molecule has 0 saturated carbocycles. The van der Waals surface area contributed by atoms with Gasteiger partial charge in [-0.05, 0) is 55.2 Å². The van der Waals surface area contributed by atoms with Gasteiger partial charge in [-0.1, -0.05) is 12.1 Å². The Bertz CT molecular complexity index is 849. The van der Waals surface area contributed by atoms with Crippen molar-refractivity contribution in [2.75, 3.05) is 31.1 Å². The molecule has 1 fully saturated rings. The number of aromatic nitrogens is 1. The first-order chi connectivity index (χ1) is 14.9. The van der Waals surface area contributed by atoms with E-state index in [9.17, 15) is 13.2 Å². The molecule has 168 valence electrons. The third-order valence-electron chi connectivity index (χ3n) is 4.79. The Hall–Kier alpha value is -2.97. The van der Waals surface area contributed by atoms with Gasteiger partial charge in [0.25, 0.3) is 0 Å². The van der Waals surface area contributed by atoms with Gasteiger partial charge in [-0.3, -0.25) is 0 Å². The van der Waals surface area contributed by atoms with Crippen LogP contribution in [0, 0.1) is 0 Å². The van der Waals surface area contributed by atoms with E-state index in [1.807, 2.05) is 19.2 Å². The van der Waals surface area contributed by atoms with Crippen molar-refractivity contribution in [3.8, 4) is 5.75 Å². The molecule has 1 aromatic heterocycles. The number of benzene rings is 1. The van der Waals surface area contributed by atoms with Crippen LogP contribution < -0.4 is 20.3 Å². The van der Waals surface area contributed by atoms with Gasteiger partial charge in [-0.2, -0.15) is 13.2 Å². The first kappa shape index (κ1) is 22.7. The molecular formula is C22H28F3N5O. The van der Waals surface area contributed by atoms with Crippen molar-refractivity contribution in [1.82, 2.24) is 15.6 Å². The second kappa shape index (κ2) is 10.9. The number of guanidine groups is 1. The summed E-state index contributed by atoms with van der Waals surface area (Å²) in [4.78, 5) is 11.4. The van der Waals surface area contributed by atoms with Crippen LogP contribution >= 0.6 is 0 Å². The van der Waals surface area contributed by atoms with Gasteiger partial charge in [-0.25, -0.2) is 9.98 Å².